The third-order valence-corrected chi connectivity index (χ3v) is 4.72. The molecule has 4 nitrogen and oxygen atoms in total. The summed E-state index contributed by atoms with van der Waals surface area (Å²) in [5, 5.41) is 2.97. The minimum absolute atomic E-state index is 0.0644. The summed E-state index contributed by atoms with van der Waals surface area (Å²) in [6.07, 6.45) is 3.83. The lowest BCUT2D eigenvalue weighted by Crippen LogP contribution is -2.23. The van der Waals surface area contributed by atoms with Crippen molar-refractivity contribution in [3.63, 3.8) is 0 Å². The molecule has 0 aliphatic carbocycles. The second-order valence-electron chi connectivity index (χ2n) is 6.45. The Morgan fingerprint density at radius 1 is 1.08 bits per heavy atom. The van der Waals surface area contributed by atoms with E-state index in [1.807, 2.05) is 24.3 Å². The number of nitrogens with zero attached hydrogens (tertiary/aromatic N) is 1. The van der Waals surface area contributed by atoms with Gasteiger partial charge in [-0.2, -0.15) is 0 Å². The summed E-state index contributed by atoms with van der Waals surface area (Å²) >= 11 is 0. The van der Waals surface area contributed by atoms with Gasteiger partial charge in [0.15, 0.2) is 0 Å². The van der Waals surface area contributed by atoms with E-state index in [0.717, 1.165) is 30.8 Å². The number of aryl methyl sites for hydroxylation is 1. The van der Waals surface area contributed by atoms with Crippen molar-refractivity contribution in [3.8, 4) is 5.75 Å². The molecule has 1 amide bonds. The van der Waals surface area contributed by atoms with Crippen molar-refractivity contribution in [2.75, 3.05) is 25.1 Å². The van der Waals surface area contributed by atoms with Gasteiger partial charge in [-0.1, -0.05) is 30.3 Å². The first kappa shape index (κ1) is 17.3. The van der Waals surface area contributed by atoms with Crippen molar-refractivity contribution in [2.24, 2.45) is 0 Å². The number of anilines is 1. The van der Waals surface area contributed by atoms with Crippen LogP contribution in [0.2, 0.25) is 0 Å². The van der Waals surface area contributed by atoms with Gasteiger partial charge in [-0.3, -0.25) is 4.79 Å². The highest BCUT2D eigenvalue weighted by atomic mass is 16.5. The second kappa shape index (κ2) is 8.56. The van der Waals surface area contributed by atoms with Crippen LogP contribution in [-0.2, 0) is 17.8 Å². The predicted molar refractivity (Wildman–Crippen MR) is 101 cm³/mol. The minimum Gasteiger partial charge on any atom is -0.496 e. The summed E-state index contributed by atoms with van der Waals surface area (Å²) in [7, 11) is 1.65. The molecule has 4 heteroatoms. The number of carbonyl (C=O) groups is 1. The van der Waals surface area contributed by atoms with Crippen LogP contribution >= 0.6 is 0 Å². The summed E-state index contributed by atoms with van der Waals surface area (Å²) in [5.41, 5.74) is 3.49. The molecule has 0 radical (unpaired) electrons. The molecule has 3 rings (SSSR count). The van der Waals surface area contributed by atoms with Crippen LogP contribution < -0.4 is 15.0 Å². The average molecular weight is 338 g/mol. The summed E-state index contributed by atoms with van der Waals surface area (Å²) in [6, 6.07) is 16.4. The maximum Gasteiger partial charge on any atom is 0.220 e. The molecule has 1 N–H and O–H groups in total. The van der Waals surface area contributed by atoms with Crippen molar-refractivity contribution < 1.29 is 9.53 Å². The van der Waals surface area contributed by atoms with Crippen LogP contribution in [0.15, 0.2) is 48.5 Å². The molecule has 1 fully saturated rings. The van der Waals surface area contributed by atoms with Crippen LogP contribution in [0.1, 0.15) is 30.4 Å². The van der Waals surface area contributed by atoms with Gasteiger partial charge in [0.05, 0.1) is 7.11 Å². The SMILES string of the molecule is COc1ccccc1CNC(=O)CCc1ccc(N2CCCC2)cc1. The first-order valence-electron chi connectivity index (χ1n) is 8.99. The Hall–Kier alpha value is -2.49. The van der Waals surface area contributed by atoms with E-state index in [9.17, 15) is 4.79 Å². The van der Waals surface area contributed by atoms with Gasteiger partial charge in [0, 0.05) is 37.3 Å². The van der Waals surface area contributed by atoms with Crippen LogP contribution in [0, 0.1) is 0 Å². The van der Waals surface area contributed by atoms with E-state index >= 15 is 0 Å². The van der Waals surface area contributed by atoms with Crippen molar-refractivity contribution in [2.45, 2.75) is 32.2 Å². The number of ether oxygens (including phenoxy) is 1. The lowest BCUT2D eigenvalue weighted by molar-refractivity contribution is -0.121. The van der Waals surface area contributed by atoms with Gasteiger partial charge in [0.1, 0.15) is 5.75 Å². The molecule has 0 unspecified atom stereocenters. The smallest absolute Gasteiger partial charge is 0.220 e. The molecule has 2 aromatic carbocycles. The first-order chi connectivity index (χ1) is 12.3. The fourth-order valence-corrected chi connectivity index (χ4v) is 3.24. The van der Waals surface area contributed by atoms with E-state index in [4.69, 9.17) is 4.74 Å². The van der Waals surface area contributed by atoms with E-state index < -0.39 is 0 Å². The Morgan fingerprint density at radius 3 is 2.52 bits per heavy atom. The number of carbonyl (C=O) groups excluding carboxylic acids is 1. The monoisotopic (exact) mass is 338 g/mol. The van der Waals surface area contributed by atoms with Crippen molar-refractivity contribution in [3.05, 3.63) is 59.7 Å². The third-order valence-electron chi connectivity index (χ3n) is 4.72. The number of rotatable bonds is 7. The maximum atomic E-state index is 12.1. The Labute approximate surface area is 149 Å². The van der Waals surface area contributed by atoms with Gasteiger partial charge in [-0.15, -0.1) is 0 Å². The van der Waals surface area contributed by atoms with Crippen molar-refractivity contribution in [1.29, 1.82) is 0 Å². The van der Waals surface area contributed by atoms with Crippen LogP contribution in [-0.4, -0.2) is 26.1 Å². The second-order valence-corrected chi connectivity index (χ2v) is 6.45. The number of nitrogens with one attached hydrogen (secondary N) is 1. The standard InChI is InChI=1S/C21H26N2O2/c1-25-20-7-3-2-6-18(20)16-22-21(24)13-10-17-8-11-19(12-9-17)23-14-4-5-15-23/h2-3,6-9,11-12H,4-5,10,13-16H2,1H3,(H,22,24). The number of amides is 1. The van der Waals surface area contributed by atoms with Crippen molar-refractivity contribution in [1.82, 2.24) is 5.32 Å². The lowest BCUT2D eigenvalue weighted by atomic mass is 10.1. The molecule has 1 heterocycles. The molecular weight excluding hydrogens is 312 g/mol. The molecule has 132 valence electrons. The molecule has 1 aliphatic heterocycles. The molecule has 0 bridgehead atoms. The fourth-order valence-electron chi connectivity index (χ4n) is 3.24. The van der Waals surface area contributed by atoms with Crippen molar-refractivity contribution >= 4 is 11.6 Å². The maximum absolute atomic E-state index is 12.1. The van der Waals surface area contributed by atoms with Gasteiger partial charge in [0.25, 0.3) is 0 Å². The van der Waals surface area contributed by atoms with Crippen LogP contribution in [0.5, 0.6) is 5.75 Å². The summed E-state index contributed by atoms with van der Waals surface area (Å²) in [4.78, 5) is 14.5. The number of benzene rings is 2. The molecule has 1 saturated heterocycles. The molecule has 0 saturated carbocycles. The Morgan fingerprint density at radius 2 is 1.80 bits per heavy atom. The van der Waals surface area contributed by atoms with Crippen LogP contribution in [0.25, 0.3) is 0 Å². The Balaban J connectivity index is 1.45. The van der Waals surface area contributed by atoms with E-state index in [-0.39, 0.29) is 5.91 Å². The largest absolute Gasteiger partial charge is 0.496 e. The Bertz CT molecular complexity index is 691. The molecular formula is C21H26N2O2. The zero-order valence-corrected chi connectivity index (χ0v) is 14.8. The Kier molecular flexibility index (Phi) is 5.94. The van der Waals surface area contributed by atoms with E-state index in [2.05, 4.69) is 34.5 Å². The highest BCUT2D eigenvalue weighted by Crippen LogP contribution is 2.21. The predicted octanol–water partition coefficient (Wildman–Crippen LogP) is 3.54. The normalized spacial score (nSPS) is 13.7. The molecule has 0 spiro atoms. The first-order valence-corrected chi connectivity index (χ1v) is 8.99. The number of para-hydroxylation sites is 1. The summed E-state index contributed by atoms with van der Waals surface area (Å²) in [6.45, 7) is 2.81. The number of hydrogen-bond donors (Lipinski definition) is 1. The average Bonchev–Trinajstić information content (AvgIpc) is 3.20. The number of hydrogen-bond acceptors (Lipinski definition) is 3. The van der Waals surface area contributed by atoms with E-state index in [1.165, 1.54) is 24.1 Å². The van der Waals surface area contributed by atoms with Crippen LogP contribution in [0.4, 0.5) is 5.69 Å². The zero-order chi connectivity index (χ0) is 17.5. The highest BCUT2D eigenvalue weighted by Gasteiger charge is 2.12. The molecule has 2 aromatic rings. The van der Waals surface area contributed by atoms with Gasteiger partial charge in [-0.25, -0.2) is 0 Å². The zero-order valence-electron chi connectivity index (χ0n) is 14.8. The van der Waals surface area contributed by atoms with E-state index in [1.54, 1.807) is 7.11 Å². The third kappa shape index (κ3) is 4.75. The highest BCUT2D eigenvalue weighted by molar-refractivity contribution is 5.76. The summed E-state index contributed by atoms with van der Waals surface area (Å²) in [5.74, 6) is 0.870. The minimum atomic E-state index is 0.0644. The van der Waals surface area contributed by atoms with Gasteiger partial charge in [0.2, 0.25) is 5.91 Å². The topological polar surface area (TPSA) is 41.6 Å². The number of methoxy groups -OCH3 is 1. The van der Waals surface area contributed by atoms with E-state index in [0.29, 0.717) is 13.0 Å². The lowest BCUT2D eigenvalue weighted by Gasteiger charge is -2.17. The molecule has 0 atom stereocenters. The quantitative estimate of drug-likeness (QED) is 0.839. The van der Waals surface area contributed by atoms with Gasteiger partial charge < -0.3 is 15.0 Å². The fraction of sp³-hybridized carbons (Fsp3) is 0.381. The summed E-state index contributed by atoms with van der Waals surface area (Å²) < 4.78 is 5.30. The molecule has 0 aromatic heterocycles. The molecule has 25 heavy (non-hydrogen) atoms. The van der Waals surface area contributed by atoms with Gasteiger partial charge in [-0.05, 0) is 43.0 Å². The van der Waals surface area contributed by atoms with Gasteiger partial charge >= 0.3 is 0 Å². The molecule has 1 aliphatic rings. The van der Waals surface area contributed by atoms with Crippen LogP contribution in [0.3, 0.4) is 0 Å².